The highest BCUT2D eigenvalue weighted by Crippen LogP contribution is 2.25. The monoisotopic (exact) mass is 341 g/mol. The summed E-state index contributed by atoms with van der Waals surface area (Å²) >= 11 is 1.36. The maximum atomic E-state index is 12.9. The standard InChI is InChI=1S/C15H16FNO3S2/c16-12-5-3-11(4-6-12)15-17-13(8-21-15)9-22(18,19)10-14-2-1-7-20-14/h3-6,8,14H,1-2,7,9-10H2. The van der Waals surface area contributed by atoms with Gasteiger partial charge in [-0.2, -0.15) is 0 Å². The first-order valence-electron chi connectivity index (χ1n) is 7.04. The van der Waals surface area contributed by atoms with Crippen LogP contribution in [0.3, 0.4) is 0 Å². The van der Waals surface area contributed by atoms with Crippen LogP contribution >= 0.6 is 11.3 Å². The molecule has 1 unspecified atom stereocenters. The largest absolute Gasteiger partial charge is 0.377 e. The fourth-order valence-electron chi connectivity index (χ4n) is 2.44. The third kappa shape index (κ3) is 3.91. The second-order valence-corrected chi connectivity index (χ2v) is 8.31. The first-order chi connectivity index (χ1) is 10.5. The average Bonchev–Trinajstić information content (AvgIpc) is 3.10. The molecule has 1 aliphatic heterocycles. The van der Waals surface area contributed by atoms with Crippen LogP contribution in [0.1, 0.15) is 18.5 Å². The highest BCUT2D eigenvalue weighted by atomic mass is 32.2. The molecule has 1 aliphatic rings. The third-order valence-corrected chi connectivity index (χ3v) is 6.03. The van der Waals surface area contributed by atoms with Crippen LogP contribution in [-0.4, -0.2) is 31.9 Å². The molecule has 118 valence electrons. The number of rotatable bonds is 5. The van der Waals surface area contributed by atoms with E-state index in [1.807, 2.05) is 0 Å². The molecule has 3 rings (SSSR count). The minimum Gasteiger partial charge on any atom is -0.377 e. The van der Waals surface area contributed by atoms with Crippen LogP contribution in [0, 0.1) is 5.82 Å². The van der Waals surface area contributed by atoms with Gasteiger partial charge in [0.1, 0.15) is 10.8 Å². The van der Waals surface area contributed by atoms with E-state index in [9.17, 15) is 12.8 Å². The van der Waals surface area contributed by atoms with Crippen molar-refractivity contribution in [3.63, 3.8) is 0 Å². The van der Waals surface area contributed by atoms with Crippen molar-refractivity contribution in [3.05, 3.63) is 41.2 Å². The maximum Gasteiger partial charge on any atom is 0.158 e. The van der Waals surface area contributed by atoms with Crippen LogP contribution in [-0.2, 0) is 20.3 Å². The van der Waals surface area contributed by atoms with Crippen LogP contribution in [0.5, 0.6) is 0 Å². The molecular formula is C15H16FNO3S2. The summed E-state index contributed by atoms with van der Waals surface area (Å²) in [5.74, 6) is -0.333. The molecule has 4 nitrogen and oxygen atoms in total. The summed E-state index contributed by atoms with van der Waals surface area (Å²) in [4.78, 5) is 4.35. The van der Waals surface area contributed by atoms with Gasteiger partial charge in [0.05, 0.1) is 23.3 Å². The number of sulfone groups is 1. The summed E-state index contributed by atoms with van der Waals surface area (Å²) in [6, 6.07) is 6.01. The number of nitrogens with zero attached hydrogens (tertiary/aromatic N) is 1. The Hall–Kier alpha value is -1.31. The molecule has 22 heavy (non-hydrogen) atoms. The van der Waals surface area contributed by atoms with Gasteiger partial charge >= 0.3 is 0 Å². The molecule has 1 atom stereocenters. The SMILES string of the molecule is O=S(=O)(Cc1csc(-c2ccc(F)cc2)n1)CC1CCCO1. The molecule has 0 saturated carbocycles. The molecule has 0 radical (unpaired) electrons. The zero-order chi connectivity index (χ0) is 15.6. The Morgan fingerprint density at radius 1 is 1.32 bits per heavy atom. The molecule has 0 amide bonds. The quantitative estimate of drug-likeness (QED) is 0.839. The molecule has 1 saturated heterocycles. The van der Waals surface area contributed by atoms with Crippen molar-refractivity contribution in [2.45, 2.75) is 24.7 Å². The summed E-state index contributed by atoms with van der Waals surface area (Å²) in [5, 5.41) is 2.44. The Morgan fingerprint density at radius 2 is 2.09 bits per heavy atom. The zero-order valence-corrected chi connectivity index (χ0v) is 13.5. The highest BCUT2D eigenvalue weighted by molar-refractivity contribution is 7.90. The van der Waals surface area contributed by atoms with Gasteiger partial charge in [0.2, 0.25) is 0 Å². The normalized spacial score (nSPS) is 18.7. The summed E-state index contributed by atoms with van der Waals surface area (Å²) < 4.78 is 42.7. The lowest BCUT2D eigenvalue weighted by Crippen LogP contribution is -2.21. The van der Waals surface area contributed by atoms with Crippen LogP contribution in [0.25, 0.3) is 10.6 Å². The van der Waals surface area contributed by atoms with Gasteiger partial charge in [-0.3, -0.25) is 0 Å². The number of hydrogen-bond donors (Lipinski definition) is 0. The van der Waals surface area contributed by atoms with Crippen molar-refractivity contribution in [2.24, 2.45) is 0 Å². The van der Waals surface area contributed by atoms with Crippen LogP contribution in [0.4, 0.5) is 4.39 Å². The van der Waals surface area contributed by atoms with Gasteiger partial charge in [0.15, 0.2) is 9.84 Å². The third-order valence-electron chi connectivity index (χ3n) is 3.47. The van der Waals surface area contributed by atoms with Crippen molar-refractivity contribution in [1.82, 2.24) is 4.98 Å². The molecule has 0 spiro atoms. The van der Waals surface area contributed by atoms with Crippen molar-refractivity contribution < 1.29 is 17.5 Å². The van der Waals surface area contributed by atoms with Gasteiger partial charge in [-0.25, -0.2) is 17.8 Å². The molecule has 0 N–H and O–H groups in total. The molecule has 2 heterocycles. The van der Waals surface area contributed by atoms with Crippen molar-refractivity contribution in [3.8, 4) is 10.6 Å². The number of ether oxygens (including phenoxy) is 1. The van der Waals surface area contributed by atoms with E-state index in [0.29, 0.717) is 17.3 Å². The Balaban J connectivity index is 1.69. The number of halogens is 1. The minimum absolute atomic E-state index is 0.0520. The van der Waals surface area contributed by atoms with E-state index < -0.39 is 9.84 Å². The summed E-state index contributed by atoms with van der Waals surface area (Å²) in [7, 11) is -3.23. The maximum absolute atomic E-state index is 12.9. The topological polar surface area (TPSA) is 56.3 Å². The van der Waals surface area contributed by atoms with E-state index in [1.165, 1.54) is 23.5 Å². The number of aromatic nitrogens is 1. The van der Waals surface area contributed by atoms with Gasteiger partial charge in [0, 0.05) is 17.6 Å². The first-order valence-corrected chi connectivity index (χ1v) is 9.74. The number of hydrogen-bond acceptors (Lipinski definition) is 5. The molecule has 1 aromatic heterocycles. The van der Waals surface area contributed by atoms with Crippen LogP contribution in [0.15, 0.2) is 29.6 Å². The van der Waals surface area contributed by atoms with Crippen molar-refractivity contribution in [1.29, 1.82) is 0 Å². The molecule has 2 aromatic rings. The Kier molecular flexibility index (Phi) is 4.56. The lowest BCUT2D eigenvalue weighted by molar-refractivity contribution is 0.127. The number of benzene rings is 1. The molecule has 1 fully saturated rings. The Bertz CT molecular complexity index is 734. The van der Waals surface area contributed by atoms with E-state index >= 15 is 0 Å². The second-order valence-electron chi connectivity index (χ2n) is 5.34. The van der Waals surface area contributed by atoms with Crippen molar-refractivity contribution >= 4 is 21.2 Å². The molecular weight excluding hydrogens is 325 g/mol. The fourth-order valence-corrected chi connectivity index (χ4v) is 4.92. The smallest absolute Gasteiger partial charge is 0.158 e. The zero-order valence-electron chi connectivity index (χ0n) is 11.9. The average molecular weight is 341 g/mol. The molecule has 0 aliphatic carbocycles. The predicted molar refractivity (Wildman–Crippen MR) is 84.0 cm³/mol. The lowest BCUT2D eigenvalue weighted by atomic mass is 10.2. The summed E-state index contributed by atoms with van der Waals surface area (Å²) in [5.41, 5.74) is 1.32. The Morgan fingerprint density at radius 3 is 2.77 bits per heavy atom. The van der Waals surface area contributed by atoms with E-state index in [-0.39, 0.29) is 23.4 Å². The summed E-state index contributed by atoms with van der Waals surface area (Å²) in [6.45, 7) is 0.644. The van der Waals surface area contributed by atoms with Crippen LogP contribution < -0.4 is 0 Å². The van der Waals surface area contributed by atoms with Gasteiger partial charge < -0.3 is 4.74 Å². The van der Waals surface area contributed by atoms with Gasteiger partial charge in [-0.1, -0.05) is 0 Å². The van der Waals surface area contributed by atoms with Crippen molar-refractivity contribution in [2.75, 3.05) is 12.4 Å². The predicted octanol–water partition coefficient (Wildman–Crippen LogP) is 3.04. The number of thiazole rings is 1. The van der Waals surface area contributed by atoms with E-state index in [4.69, 9.17) is 4.74 Å². The lowest BCUT2D eigenvalue weighted by Gasteiger charge is -2.08. The van der Waals surface area contributed by atoms with Gasteiger partial charge in [-0.05, 0) is 37.1 Å². The molecule has 7 heteroatoms. The second kappa shape index (κ2) is 6.44. The molecule has 0 bridgehead atoms. The molecule has 1 aromatic carbocycles. The van der Waals surface area contributed by atoms with E-state index in [1.54, 1.807) is 17.5 Å². The van der Waals surface area contributed by atoms with Gasteiger partial charge in [0.25, 0.3) is 0 Å². The van der Waals surface area contributed by atoms with E-state index in [0.717, 1.165) is 18.4 Å². The van der Waals surface area contributed by atoms with Crippen LogP contribution in [0.2, 0.25) is 0 Å². The van der Waals surface area contributed by atoms with E-state index in [2.05, 4.69) is 4.98 Å². The fraction of sp³-hybridized carbons (Fsp3) is 0.400. The van der Waals surface area contributed by atoms with Gasteiger partial charge in [-0.15, -0.1) is 11.3 Å². The first kappa shape index (κ1) is 15.6. The summed E-state index contributed by atoms with van der Waals surface area (Å²) in [6.07, 6.45) is 1.54. The highest BCUT2D eigenvalue weighted by Gasteiger charge is 2.24. The Labute approximate surface area is 132 Å². The minimum atomic E-state index is -3.23.